The summed E-state index contributed by atoms with van der Waals surface area (Å²) in [5.41, 5.74) is 6.75. The van der Waals surface area contributed by atoms with Crippen LogP contribution in [0, 0.1) is 0 Å². The summed E-state index contributed by atoms with van der Waals surface area (Å²) in [4.78, 5) is 11.9. The van der Waals surface area contributed by atoms with E-state index < -0.39 is 0 Å². The predicted molar refractivity (Wildman–Crippen MR) is 90.4 cm³/mol. The Hall–Kier alpha value is -1.93. The van der Waals surface area contributed by atoms with Gasteiger partial charge in [0.25, 0.3) is 5.91 Å². The molecule has 1 aromatic carbocycles. The maximum Gasteiger partial charge on any atom is 0.273 e. The van der Waals surface area contributed by atoms with Crippen LogP contribution in [-0.4, -0.2) is 41.1 Å². The normalized spacial score (nSPS) is 10.6. The molecule has 0 aliphatic rings. The zero-order valence-corrected chi connectivity index (χ0v) is 14.5. The maximum atomic E-state index is 11.9. The molecule has 1 heterocycles. The van der Waals surface area contributed by atoms with Gasteiger partial charge >= 0.3 is 0 Å². The quantitative estimate of drug-likeness (QED) is 0.676. The van der Waals surface area contributed by atoms with Gasteiger partial charge in [-0.1, -0.05) is 11.3 Å². The highest BCUT2D eigenvalue weighted by atomic mass is 79.9. The minimum Gasteiger partial charge on any atom is -0.496 e. The first-order valence-corrected chi connectivity index (χ1v) is 8.14. The van der Waals surface area contributed by atoms with Crippen molar-refractivity contribution in [2.24, 2.45) is 5.73 Å². The summed E-state index contributed by atoms with van der Waals surface area (Å²) in [6.45, 7) is 1.74. The molecule has 23 heavy (non-hydrogen) atoms. The molecule has 0 saturated carbocycles. The van der Waals surface area contributed by atoms with E-state index >= 15 is 0 Å². The Morgan fingerprint density at radius 1 is 1.43 bits per heavy atom. The number of nitrogens with one attached hydrogen (secondary N) is 1. The number of carbonyl (C=O) groups is 1. The fraction of sp³-hybridized carbons (Fsp3) is 0.400. The molecule has 1 amide bonds. The van der Waals surface area contributed by atoms with E-state index in [1.807, 2.05) is 18.2 Å². The van der Waals surface area contributed by atoms with Crippen LogP contribution < -0.4 is 15.8 Å². The fourth-order valence-corrected chi connectivity index (χ4v) is 2.62. The number of nitrogens with zero attached hydrogens (tertiary/aromatic N) is 3. The topological polar surface area (TPSA) is 95.1 Å². The third-order valence-electron chi connectivity index (χ3n) is 3.25. The smallest absolute Gasteiger partial charge is 0.273 e. The number of hydrogen-bond acceptors (Lipinski definition) is 5. The summed E-state index contributed by atoms with van der Waals surface area (Å²) in [7, 11) is 1.62. The molecular formula is C15H20BrN5O2. The number of hydrogen-bond donors (Lipinski definition) is 2. The molecule has 124 valence electrons. The first-order chi connectivity index (χ1) is 11.1. The van der Waals surface area contributed by atoms with Crippen LogP contribution in [0.15, 0.2) is 28.9 Å². The summed E-state index contributed by atoms with van der Waals surface area (Å²) in [5, 5.41) is 10.7. The molecule has 0 saturated heterocycles. The van der Waals surface area contributed by atoms with Crippen LogP contribution >= 0.6 is 15.9 Å². The van der Waals surface area contributed by atoms with Crippen molar-refractivity contribution in [2.75, 3.05) is 20.2 Å². The lowest BCUT2D eigenvalue weighted by Crippen LogP contribution is -2.25. The van der Waals surface area contributed by atoms with Gasteiger partial charge in [-0.3, -0.25) is 4.79 Å². The van der Waals surface area contributed by atoms with Gasteiger partial charge in [0, 0.05) is 6.54 Å². The van der Waals surface area contributed by atoms with Gasteiger partial charge in [-0.15, -0.1) is 5.10 Å². The number of halogens is 1. The zero-order chi connectivity index (χ0) is 16.7. The predicted octanol–water partition coefficient (Wildman–Crippen LogP) is 1.57. The van der Waals surface area contributed by atoms with Crippen LogP contribution in [0.4, 0.5) is 0 Å². The standard InChI is InChI=1S/C15H20BrN5O2/c1-23-14-5-4-11(8-12(14)16)9-21-10-13(19-20-21)15(22)18-7-3-2-6-17/h4-5,8,10H,2-3,6-7,9,17H2,1H3,(H,18,22). The molecule has 1 aromatic heterocycles. The van der Waals surface area contributed by atoms with E-state index in [0.29, 0.717) is 25.3 Å². The van der Waals surface area contributed by atoms with Crippen molar-refractivity contribution in [1.82, 2.24) is 20.3 Å². The third kappa shape index (κ3) is 5.04. The molecule has 0 unspecified atom stereocenters. The Kier molecular flexibility index (Phi) is 6.54. The highest BCUT2D eigenvalue weighted by molar-refractivity contribution is 9.10. The van der Waals surface area contributed by atoms with Gasteiger partial charge in [-0.2, -0.15) is 0 Å². The second-order valence-electron chi connectivity index (χ2n) is 5.02. The summed E-state index contributed by atoms with van der Waals surface area (Å²) in [5.74, 6) is 0.550. The monoisotopic (exact) mass is 381 g/mol. The lowest BCUT2D eigenvalue weighted by Gasteiger charge is -2.06. The number of nitrogens with two attached hydrogens (primary N) is 1. The van der Waals surface area contributed by atoms with E-state index in [2.05, 4.69) is 31.6 Å². The Balaban J connectivity index is 1.94. The lowest BCUT2D eigenvalue weighted by atomic mass is 10.2. The maximum absolute atomic E-state index is 11.9. The van der Waals surface area contributed by atoms with E-state index in [0.717, 1.165) is 28.6 Å². The van der Waals surface area contributed by atoms with E-state index in [1.165, 1.54) is 0 Å². The summed E-state index contributed by atoms with van der Waals surface area (Å²) in [6.07, 6.45) is 3.38. The first kappa shape index (κ1) is 17.4. The number of aromatic nitrogens is 3. The number of rotatable bonds is 8. The molecule has 0 aliphatic carbocycles. The second kappa shape index (κ2) is 8.64. The number of carbonyl (C=O) groups excluding carboxylic acids is 1. The van der Waals surface area contributed by atoms with Gasteiger partial charge in [0.15, 0.2) is 5.69 Å². The minimum absolute atomic E-state index is 0.218. The fourth-order valence-electron chi connectivity index (χ4n) is 2.04. The largest absolute Gasteiger partial charge is 0.496 e. The Morgan fingerprint density at radius 3 is 2.96 bits per heavy atom. The molecule has 0 aliphatic heterocycles. The van der Waals surface area contributed by atoms with Crippen molar-refractivity contribution in [1.29, 1.82) is 0 Å². The molecule has 2 aromatic rings. The van der Waals surface area contributed by atoms with Gasteiger partial charge in [0.2, 0.25) is 0 Å². The number of methoxy groups -OCH3 is 1. The van der Waals surface area contributed by atoms with Crippen LogP contribution in [0.5, 0.6) is 5.75 Å². The molecule has 0 spiro atoms. The van der Waals surface area contributed by atoms with E-state index in [1.54, 1.807) is 18.0 Å². The molecule has 0 fully saturated rings. The second-order valence-corrected chi connectivity index (χ2v) is 5.88. The van der Waals surface area contributed by atoms with Gasteiger partial charge < -0.3 is 15.8 Å². The van der Waals surface area contributed by atoms with Crippen LogP contribution in [0.3, 0.4) is 0 Å². The van der Waals surface area contributed by atoms with Crippen LogP contribution in [-0.2, 0) is 6.54 Å². The molecule has 0 bridgehead atoms. The van der Waals surface area contributed by atoms with Gasteiger partial charge in [0.1, 0.15) is 5.75 Å². The Labute approximate surface area is 143 Å². The molecule has 0 atom stereocenters. The van der Waals surface area contributed by atoms with Crippen molar-refractivity contribution < 1.29 is 9.53 Å². The van der Waals surface area contributed by atoms with Crippen molar-refractivity contribution in [3.05, 3.63) is 40.1 Å². The number of amides is 1. The van der Waals surface area contributed by atoms with Gasteiger partial charge in [-0.05, 0) is 53.0 Å². The molecule has 0 radical (unpaired) electrons. The average Bonchev–Trinajstić information content (AvgIpc) is 3.00. The van der Waals surface area contributed by atoms with Crippen molar-refractivity contribution in [2.45, 2.75) is 19.4 Å². The van der Waals surface area contributed by atoms with Crippen LogP contribution in [0.25, 0.3) is 0 Å². The zero-order valence-electron chi connectivity index (χ0n) is 13.0. The third-order valence-corrected chi connectivity index (χ3v) is 3.87. The van der Waals surface area contributed by atoms with E-state index in [9.17, 15) is 4.79 Å². The Bertz CT molecular complexity index is 659. The van der Waals surface area contributed by atoms with Gasteiger partial charge in [-0.25, -0.2) is 4.68 Å². The molecular weight excluding hydrogens is 362 g/mol. The molecule has 3 N–H and O–H groups in total. The lowest BCUT2D eigenvalue weighted by molar-refractivity contribution is 0.0948. The van der Waals surface area contributed by atoms with Crippen molar-refractivity contribution in [3.8, 4) is 5.75 Å². The molecule has 8 heteroatoms. The van der Waals surface area contributed by atoms with Crippen LogP contribution in [0.1, 0.15) is 28.9 Å². The minimum atomic E-state index is -0.218. The van der Waals surface area contributed by atoms with E-state index in [4.69, 9.17) is 10.5 Å². The SMILES string of the molecule is COc1ccc(Cn2cc(C(=O)NCCCCN)nn2)cc1Br. The highest BCUT2D eigenvalue weighted by Gasteiger charge is 2.10. The Morgan fingerprint density at radius 2 is 2.26 bits per heavy atom. The number of benzene rings is 1. The average molecular weight is 382 g/mol. The molecule has 2 rings (SSSR count). The van der Waals surface area contributed by atoms with E-state index in [-0.39, 0.29) is 5.91 Å². The van der Waals surface area contributed by atoms with Gasteiger partial charge in [0.05, 0.1) is 24.3 Å². The first-order valence-electron chi connectivity index (χ1n) is 7.35. The van der Waals surface area contributed by atoms with Crippen molar-refractivity contribution in [3.63, 3.8) is 0 Å². The summed E-state index contributed by atoms with van der Waals surface area (Å²) < 4.78 is 7.70. The summed E-state index contributed by atoms with van der Waals surface area (Å²) >= 11 is 3.45. The highest BCUT2D eigenvalue weighted by Crippen LogP contribution is 2.25. The summed E-state index contributed by atoms with van der Waals surface area (Å²) in [6, 6.07) is 5.77. The number of unbranched alkanes of at least 4 members (excludes halogenated alkanes) is 1. The van der Waals surface area contributed by atoms with Crippen LogP contribution in [0.2, 0.25) is 0 Å². The molecule has 7 nitrogen and oxygen atoms in total. The number of ether oxygens (including phenoxy) is 1. The van der Waals surface area contributed by atoms with Crippen molar-refractivity contribution >= 4 is 21.8 Å².